The van der Waals surface area contributed by atoms with Crippen LogP contribution in [0.15, 0.2) is 40.9 Å². The molecule has 3 aromatic rings. The molecule has 0 saturated carbocycles. The number of carbonyl (C=O) groups excluding carboxylic acids is 1. The van der Waals surface area contributed by atoms with Crippen molar-refractivity contribution in [2.24, 2.45) is 0 Å². The molecule has 0 bridgehead atoms. The molecule has 1 aliphatic carbocycles. The minimum Gasteiger partial charge on any atom is -0.493 e. The first kappa shape index (κ1) is 19.2. The summed E-state index contributed by atoms with van der Waals surface area (Å²) in [5.41, 5.74) is 5.53. The van der Waals surface area contributed by atoms with Crippen LogP contribution in [0.3, 0.4) is 0 Å². The molecule has 1 amide bonds. The summed E-state index contributed by atoms with van der Waals surface area (Å²) in [6.45, 7) is 1.60. The lowest BCUT2D eigenvalue weighted by molar-refractivity contribution is 0.0785. The lowest BCUT2D eigenvalue weighted by atomic mass is 10.1. The molecule has 0 atom stereocenters. The second-order valence-electron chi connectivity index (χ2n) is 7.60. The summed E-state index contributed by atoms with van der Waals surface area (Å²) >= 11 is 3.49. The number of nitrogens with zero attached hydrogens (tertiary/aromatic N) is 3. The third-order valence-electron chi connectivity index (χ3n) is 5.88. The van der Waals surface area contributed by atoms with Gasteiger partial charge in [0.15, 0.2) is 17.2 Å². The Kier molecular flexibility index (Phi) is 4.77. The molecule has 1 saturated heterocycles. The largest absolute Gasteiger partial charge is 0.493 e. The first-order valence-electron chi connectivity index (χ1n) is 10.0. The van der Waals surface area contributed by atoms with E-state index in [9.17, 15) is 4.79 Å². The molecule has 6 nitrogen and oxygen atoms in total. The normalized spacial score (nSPS) is 14.6. The van der Waals surface area contributed by atoms with E-state index in [1.165, 1.54) is 0 Å². The molecule has 2 aliphatic rings. The SMILES string of the molecule is COc1cc2c(cc1OC)-c1c(c(C(=O)N3CCCC3)nn1-c1ccc(Br)cc1)C2. The maximum Gasteiger partial charge on any atom is 0.274 e. The highest BCUT2D eigenvalue weighted by molar-refractivity contribution is 9.10. The zero-order valence-electron chi connectivity index (χ0n) is 16.9. The van der Waals surface area contributed by atoms with Crippen molar-refractivity contribution in [2.75, 3.05) is 27.3 Å². The number of hydrogen-bond donors (Lipinski definition) is 0. The van der Waals surface area contributed by atoms with Crippen molar-refractivity contribution in [1.29, 1.82) is 0 Å². The number of methoxy groups -OCH3 is 2. The van der Waals surface area contributed by atoms with Crippen molar-refractivity contribution in [1.82, 2.24) is 14.7 Å². The topological polar surface area (TPSA) is 56.6 Å². The predicted molar refractivity (Wildman–Crippen MR) is 118 cm³/mol. The third kappa shape index (κ3) is 2.99. The van der Waals surface area contributed by atoms with E-state index in [0.29, 0.717) is 23.6 Å². The van der Waals surface area contributed by atoms with Gasteiger partial charge in [-0.25, -0.2) is 4.68 Å². The van der Waals surface area contributed by atoms with Crippen LogP contribution in [0.5, 0.6) is 11.5 Å². The van der Waals surface area contributed by atoms with Gasteiger partial charge in [0, 0.05) is 35.1 Å². The van der Waals surface area contributed by atoms with Crippen molar-refractivity contribution < 1.29 is 14.3 Å². The second-order valence-corrected chi connectivity index (χ2v) is 8.52. The smallest absolute Gasteiger partial charge is 0.274 e. The Morgan fingerprint density at radius 3 is 2.37 bits per heavy atom. The van der Waals surface area contributed by atoms with Gasteiger partial charge in [-0.2, -0.15) is 5.10 Å². The number of halogens is 1. The van der Waals surface area contributed by atoms with Gasteiger partial charge in [-0.1, -0.05) is 15.9 Å². The molecule has 2 heterocycles. The lowest BCUT2D eigenvalue weighted by Gasteiger charge is -2.14. The molecule has 0 spiro atoms. The number of benzene rings is 2. The maximum absolute atomic E-state index is 13.3. The summed E-state index contributed by atoms with van der Waals surface area (Å²) in [5, 5.41) is 4.81. The van der Waals surface area contributed by atoms with Gasteiger partial charge in [-0.15, -0.1) is 0 Å². The van der Waals surface area contributed by atoms with Crippen molar-refractivity contribution in [2.45, 2.75) is 19.3 Å². The minimum atomic E-state index is 0.0198. The molecule has 5 rings (SSSR count). The fourth-order valence-electron chi connectivity index (χ4n) is 4.38. The van der Waals surface area contributed by atoms with Crippen LogP contribution in [0, 0.1) is 0 Å². The Bertz CT molecular complexity index is 1130. The van der Waals surface area contributed by atoms with E-state index in [-0.39, 0.29) is 5.91 Å². The van der Waals surface area contributed by atoms with Crippen LogP contribution in [-0.2, 0) is 6.42 Å². The van der Waals surface area contributed by atoms with E-state index in [1.807, 2.05) is 46.0 Å². The zero-order valence-corrected chi connectivity index (χ0v) is 18.5. The van der Waals surface area contributed by atoms with Crippen LogP contribution < -0.4 is 9.47 Å². The molecule has 7 heteroatoms. The quantitative estimate of drug-likeness (QED) is 0.444. The van der Waals surface area contributed by atoms with E-state index in [4.69, 9.17) is 14.6 Å². The number of fused-ring (bicyclic) bond motifs is 3. The van der Waals surface area contributed by atoms with Crippen molar-refractivity contribution in [3.63, 3.8) is 0 Å². The van der Waals surface area contributed by atoms with E-state index in [0.717, 1.165) is 58.5 Å². The second kappa shape index (κ2) is 7.47. The molecule has 0 unspecified atom stereocenters. The summed E-state index contributed by atoms with van der Waals surface area (Å²) in [5.74, 6) is 1.38. The molecule has 1 aromatic heterocycles. The van der Waals surface area contributed by atoms with Crippen LogP contribution in [0.4, 0.5) is 0 Å². The number of hydrogen-bond acceptors (Lipinski definition) is 4. The maximum atomic E-state index is 13.3. The number of amides is 1. The minimum absolute atomic E-state index is 0.0198. The number of rotatable bonds is 4. The molecule has 0 radical (unpaired) electrons. The lowest BCUT2D eigenvalue weighted by Crippen LogP contribution is -2.28. The van der Waals surface area contributed by atoms with Gasteiger partial charge >= 0.3 is 0 Å². The van der Waals surface area contributed by atoms with Crippen LogP contribution >= 0.6 is 15.9 Å². The van der Waals surface area contributed by atoms with Crippen molar-refractivity contribution >= 4 is 21.8 Å². The molecular weight excluding hydrogens is 446 g/mol. The number of carbonyl (C=O) groups is 1. The number of ether oxygens (including phenoxy) is 2. The van der Waals surface area contributed by atoms with Gasteiger partial charge in [0.2, 0.25) is 0 Å². The fraction of sp³-hybridized carbons (Fsp3) is 0.304. The Balaban J connectivity index is 1.70. The first-order valence-corrected chi connectivity index (χ1v) is 10.8. The highest BCUT2D eigenvalue weighted by Gasteiger charge is 2.34. The molecule has 1 fully saturated rings. The van der Waals surface area contributed by atoms with Gasteiger partial charge in [-0.3, -0.25) is 4.79 Å². The Morgan fingerprint density at radius 2 is 1.70 bits per heavy atom. The van der Waals surface area contributed by atoms with E-state index >= 15 is 0 Å². The number of likely N-dealkylation sites (tertiary alicyclic amines) is 1. The van der Waals surface area contributed by atoms with Gasteiger partial charge < -0.3 is 14.4 Å². The Morgan fingerprint density at radius 1 is 1.03 bits per heavy atom. The third-order valence-corrected chi connectivity index (χ3v) is 6.41. The van der Waals surface area contributed by atoms with Gasteiger partial charge in [-0.05, 0) is 54.8 Å². The van der Waals surface area contributed by atoms with E-state index < -0.39 is 0 Å². The Labute approximate surface area is 183 Å². The van der Waals surface area contributed by atoms with Crippen molar-refractivity contribution in [3.05, 3.63) is 57.7 Å². The molecule has 154 valence electrons. The standard InChI is InChI=1S/C23H22BrN3O3/c1-29-19-12-14-11-18-21(23(28)26-9-3-4-10-26)25-27(16-7-5-15(24)6-8-16)22(18)17(14)13-20(19)30-2/h5-8,12-13H,3-4,9-11H2,1-2H3. The average molecular weight is 468 g/mol. The monoisotopic (exact) mass is 467 g/mol. The van der Waals surface area contributed by atoms with Crippen molar-refractivity contribution in [3.8, 4) is 28.4 Å². The highest BCUT2D eigenvalue weighted by atomic mass is 79.9. The molecule has 30 heavy (non-hydrogen) atoms. The van der Waals surface area contributed by atoms with Gasteiger partial charge in [0.05, 0.1) is 25.6 Å². The summed E-state index contributed by atoms with van der Waals surface area (Å²) < 4.78 is 13.9. The van der Waals surface area contributed by atoms with Crippen LogP contribution in [0.25, 0.3) is 16.9 Å². The Hall–Kier alpha value is -2.80. The van der Waals surface area contributed by atoms with E-state index in [1.54, 1.807) is 14.2 Å². The number of aromatic nitrogens is 2. The fourth-order valence-corrected chi connectivity index (χ4v) is 4.65. The zero-order chi connectivity index (χ0) is 20.8. The predicted octanol–water partition coefficient (Wildman–Crippen LogP) is 4.46. The first-order chi connectivity index (χ1) is 14.6. The summed E-state index contributed by atoms with van der Waals surface area (Å²) in [7, 11) is 3.27. The average Bonchev–Trinajstić information content (AvgIpc) is 3.49. The van der Waals surface area contributed by atoms with Gasteiger partial charge in [0.1, 0.15) is 0 Å². The molecule has 1 aliphatic heterocycles. The van der Waals surface area contributed by atoms with E-state index in [2.05, 4.69) is 15.9 Å². The highest BCUT2D eigenvalue weighted by Crippen LogP contribution is 2.45. The molecular formula is C23H22BrN3O3. The summed E-state index contributed by atoms with van der Waals surface area (Å²) in [4.78, 5) is 15.2. The summed E-state index contributed by atoms with van der Waals surface area (Å²) in [6, 6.07) is 12.0. The molecule has 0 N–H and O–H groups in total. The van der Waals surface area contributed by atoms with Gasteiger partial charge in [0.25, 0.3) is 5.91 Å². The van der Waals surface area contributed by atoms with Crippen LogP contribution in [0.1, 0.15) is 34.5 Å². The summed E-state index contributed by atoms with van der Waals surface area (Å²) in [6.07, 6.45) is 2.75. The molecule has 2 aromatic carbocycles. The van der Waals surface area contributed by atoms with Crippen LogP contribution in [0.2, 0.25) is 0 Å². The van der Waals surface area contributed by atoms with Crippen LogP contribution in [-0.4, -0.2) is 47.9 Å².